The molecular weight excluding hydrogens is 248 g/mol. The summed E-state index contributed by atoms with van der Waals surface area (Å²) in [6.45, 7) is 4.47. The van der Waals surface area contributed by atoms with Crippen LogP contribution < -0.4 is 10.5 Å². The van der Waals surface area contributed by atoms with Crippen LogP contribution in [0.5, 0.6) is 11.8 Å². The van der Waals surface area contributed by atoms with Gasteiger partial charge in [-0.15, -0.1) is 0 Å². The van der Waals surface area contributed by atoms with Crippen molar-refractivity contribution in [3.63, 3.8) is 0 Å². The fourth-order valence-electron chi connectivity index (χ4n) is 1.45. The summed E-state index contributed by atoms with van der Waals surface area (Å²) in [6, 6.07) is 1.72. The van der Waals surface area contributed by atoms with E-state index < -0.39 is 0 Å². The summed E-state index contributed by atoms with van der Waals surface area (Å²) in [4.78, 5) is 8.17. The fourth-order valence-corrected chi connectivity index (χ4v) is 1.45. The van der Waals surface area contributed by atoms with E-state index in [1.54, 1.807) is 30.1 Å². The number of ether oxygens (including phenoxy) is 1. The molecule has 19 heavy (non-hydrogen) atoms. The molecule has 2 aromatic heterocycles. The monoisotopic (exact) mass is 262 g/mol. The predicted octanol–water partition coefficient (Wildman–Crippen LogP) is 0.888. The van der Waals surface area contributed by atoms with Crippen molar-refractivity contribution in [2.45, 2.75) is 20.4 Å². The molecule has 0 saturated carbocycles. The minimum atomic E-state index is -0.0976. The molecule has 8 nitrogen and oxygen atoms in total. The summed E-state index contributed by atoms with van der Waals surface area (Å²) in [5.74, 6) is 0.428. The van der Waals surface area contributed by atoms with Gasteiger partial charge in [-0.2, -0.15) is 10.1 Å². The van der Waals surface area contributed by atoms with Gasteiger partial charge in [-0.25, -0.2) is 4.98 Å². The molecule has 0 fully saturated rings. The van der Waals surface area contributed by atoms with Crippen LogP contribution in [0.3, 0.4) is 0 Å². The molecule has 0 aromatic carbocycles. The van der Waals surface area contributed by atoms with Crippen LogP contribution in [0.15, 0.2) is 23.6 Å². The maximum Gasteiger partial charge on any atom is 0.322 e. The van der Waals surface area contributed by atoms with Crippen molar-refractivity contribution in [2.75, 3.05) is 0 Å². The van der Waals surface area contributed by atoms with Crippen molar-refractivity contribution in [1.82, 2.24) is 19.7 Å². The van der Waals surface area contributed by atoms with Gasteiger partial charge in [0.1, 0.15) is 5.69 Å². The zero-order valence-corrected chi connectivity index (χ0v) is 10.6. The third kappa shape index (κ3) is 2.97. The first-order chi connectivity index (χ1) is 9.12. The third-order valence-corrected chi connectivity index (χ3v) is 2.35. The van der Waals surface area contributed by atoms with Gasteiger partial charge in [-0.05, 0) is 19.9 Å². The lowest BCUT2D eigenvalue weighted by Gasteiger charge is -2.04. The minimum absolute atomic E-state index is 0.0976. The standard InChI is InChI=1S/C11H14N6O2/c1-3-17-6-8(5-13-17)19-11-14-7(2)4-9(15-11)10(12)16-18/h4-6,18H,3H2,1-2H3,(H2,12,16). The van der Waals surface area contributed by atoms with Crippen LogP contribution >= 0.6 is 0 Å². The Hall–Kier alpha value is -2.64. The molecule has 2 rings (SSSR count). The molecule has 8 heteroatoms. The molecule has 0 radical (unpaired) electrons. The molecular formula is C11H14N6O2. The van der Waals surface area contributed by atoms with Crippen LogP contribution in [-0.4, -0.2) is 30.8 Å². The summed E-state index contributed by atoms with van der Waals surface area (Å²) >= 11 is 0. The van der Waals surface area contributed by atoms with E-state index in [1.165, 1.54) is 0 Å². The van der Waals surface area contributed by atoms with Gasteiger partial charge in [0.2, 0.25) is 0 Å². The van der Waals surface area contributed by atoms with Gasteiger partial charge >= 0.3 is 6.01 Å². The molecule has 0 spiro atoms. The molecule has 0 aliphatic carbocycles. The number of hydrogen-bond donors (Lipinski definition) is 2. The topological polar surface area (TPSA) is 111 Å². The van der Waals surface area contributed by atoms with Crippen molar-refractivity contribution in [3.8, 4) is 11.8 Å². The van der Waals surface area contributed by atoms with E-state index in [4.69, 9.17) is 15.7 Å². The smallest absolute Gasteiger partial charge is 0.322 e. The first-order valence-corrected chi connectivity index (χ1v) is 5.66. The van der Waals surface area contributed by atoms with Crippen molar-refractivity contribution >= 4 is 5.84 Å². The Labute approximate surface area is 109 Å². The van der Waals surface area contributed by atoms with Crippen molar-refractivity contribution in [2.24, 2.45) is 10.9 Å². The third-order valence-electron chi connectivity index (χ3n) is 2.35. The van der Waals surface area contributed by atoms with E-state index in [0.29, 0.717) is 17.1 Å². The van der Waals surface area contributed by atoms with Crippen molar-refractivity contribution < 1.29 is 9.94 Å². The maximum atomic E-state index is 8.64. The SMILES string of the molecule is CCn1cc(Oc2nc(C)cc(/C(N)=N/O)n2)cn1. The quantitative estimate of drug-likeness (QED) is 0.366. The second-order valence-corrected chi connectivity index (χ2v) is 3.80. The van der Waals surface area contributed by atoms with Gasteiger partial charge in [0, 0.05) is 12.2 Å². The second kappa shape index (κ2) is 5.34. The maximum absolute atomic E-state index is 8.64. The molecule has 2 heterocycles. The van der Waals surface area contributed by atoms with Crippen LogP contribution in [0.2, 0.25) is 0 Å². The lowest BCUT2D eigenvalue weighted by atomic mass is 10.3. The number of nitrogens with two attached hydrogens (primary N) is 1. The highest BCUT2D eigenvalue weighted by Crippen LogP contribution is 2.17. The van der Waals surface area contributed by atoms with E-state index in [2.05, 4.69) is 20.2 Å². The number of aryl methyl sites for hydroxylation is 2. The van der Waals surface area contributed by atoms with E-state index in [9.17, 15) is 0 Å². The Kier molecular flexibility index (Phi) is 3.60. The highest BCUT2D eigenvalue weighted by atomic mass is 16.5. The van der Waals surface area contributed by atoms with Gasteiger partial charge in [-0.3, -0.25) is 4.68 Å². The average molecular weight is 262 g/mol. The van der Waals surface area contributed by atoms with Crippen LogP contribution in [-0.2, 0) is 6.54 Å². The van der Waals surface area contributed by atoms with Gasteiger partial charge in [0.05, 0.1) is 12.4 Å². The zero-order valence-electron chi connectivity index (χ0n) is 10.6. The average Bonchev–Trinajstić information content (AvgIpc) is 2.84. The number of aromatic nitrogens is 4. The van der Waals surface area contributed by atoms with Gasteiger partial charge in [0.25, 0.3) is 0 Å². The number of rotatable bonds is 4. The lowest BCUT2D eigenvalue weighted by molar-refractivity contribution is 0.318. The van der Waals surface area contributed by atoms with Crippen molar-refractivity contribution in [1.29, 1.82) is 0 Å². The van der Waals surface area contributed by atoms with E-state index in [-0.39, 0.29) is 11.8 Å². The molecule has 0 aliphatic heterocycles. The summed E-state index contributed by atoms with van der Waals surface area (Å²) in [5.41, 5.74) is 6.44. The number of oxime groups is 1. The molecule has 3 N–H and O–H groups in total. The molecule has 0 aliphatic rings. The Morgan fingerprint density at radius 1 is 1.53 bits per heavy atom. The lowest BCUT2D eigenvalue weighted by Crippen LogP contribution is -2.16. The van der Waals surface area contributed by atoms with Gasteiger partial charge in [0.15, 0.2) is 11.6 Å². The molecule has 0 amide bonds. The highest BCUT2D eigenvalue weighted by Gasteiger charge is 2.09. The molecule has 2 aromatic rings. The van der Waals surface area contributed by atoms with Crippen LogP contribution in [0, 0.1) is 6.92 Å². The predicted molar refractivity (Wildman–Crippen MR) is 67.3 cm³/mol. The van der Waals surface area contributed by atoms with E-state index in [1.807, 2.05) is 6.92 Å². The van der Waals surface area contributed by atoms with Crippen molar-refractivity contribution in [3.05, 3.63) is 29.8 Å². The first-order valence-electron chi connectivity index (χ1n) is 5.66. The molecule has 0 saturated heterocycles. The summed E-state index contributed by atoms with van der Waals surface area (Å²) < 4.78 is 7.20. The Morgan fingerprint density at radius 2 is 2.32 bits per heavy atom. The fraction of sp³-hybridized carbons (Fsp3) is 0.273. The van der Waals surface area contributed by atoms with Gasteiger partial charge < -0.3 is 15.7 Å². The number of amidine groups is 1. The van der Waals surface area contributed by atoms with Crippen LogP contribution in [0.25, 0.3) is 0 Å². The van der Waals surface area contributed by atoms with Crippen LogP contribution in [0.4, 0.5) is 0 Å². The van der Waals surface area contributed by atoms with Gasteiger partial charge in [-0.1, -0.05) is 5.16 Å². The molecule has 0 atom stereocenters. The molecule has 0 unspecified atom stereocenters. The number of nitrogens with zero attached hydrogens (tertiary/aromatic N) is 5. The largest absolute Gasteiger partial charge is 0.421 e. The molecule has 0 bridgehead atoms. The van der Waals surface area contributed by atoms with E-state index in [0.717, 1.165) is 6.54 Å². The normalized spacial score (nSPS) is 11.6. The number of hydrogen-bond acceptors (Lipinski definition) is 6. The second-order valence-electron chi connectivity index (χ2n) is 3.80. The Morgan fingerprint density at radius 3 is 2.95 bits per heavy atom. The summed E-state index contributed by atoms with van der Waals surface area (Å²) in [6.07, 6.45) is 3.30. The first kappa shape index (κ1) is 12.8. The van der Waals surface area contributed by atoms with E-state index >= 15 is 0 Å². The Bertz CT molecular complexity index is 607. The summed E-state index contributed by atoms with van der Waals surface area (Å²) in [5, 5.41) is 15.6. The van der Waals surface area contributed by atoms with Crippen LogP contribution in [0.1, 0.15) is 18.3 Å². The highest BCUT2D eigenvalue weighted by molar-refractivity contribution is 5.95. The zero-order chi connectivity index (χ0) is 13.8. The molecule has 100 valence electrons. The summed E-state index contributed by atoms with van der Waals surface area (Å²) in [7, 11) is 0. The minimum Gasteiger partial charge on any atom is -0.421 e. The Balaban J connectivity index is 2.27.